The van der Waals surface area contributed by atoms with Gasteiger partial charge in [-0.05, 0) is 96.2 Å². The maximum absolute atomic E-state index is 15.0. The van der Waals surface area contributed by atoms with Gasteiger partial charge in [-0.15, -0.1) is 6.58 Å². The second-order valence-corrected chi connectivity index (χ2v) is 18.3. The van der Waals surface area contributed by atoms with E-state index in [9.17, 15) is 24.7 Å². The topological polar surface area (TPSA) is 172 Å². The molecule has 72 heavy (non-hydrogen) atoms. The predicted molar refractivity (Wildman–Crippen MR) is 269 cm³/mol. The average molecular weight is 984 g/mol. The third-order valence-electron chi connectivity index (χ3n) is 13.6. The number of aliphatic hydroxyl groups is 2. The van der Waals surface area contributed by atoms with E-state index in [1.54, 1.807) is 47.4 Å². The first-order valence-corrected chi connectivity index (χ1v) is 24.7. The molecule has 3 aliphatic rings. The van der Waals surface area contributed by atoms with E-state index in [4.69, 9.17) is 33.7 Å². The molecular formula is C57H62FN3O11. The summed E-state index contributed by atoms with van der Waals surface area (Å²) in [5.41, 5.74) is 4.57. The summed E-state index contributed by atoms with van der Waals surface area (Å²) in [4.78, 5) is 34.1. The van der Waals surface area contributed by atoms with Crippen LogP contribution in [0.15, 0.2) is 157 Å². The molecule has 8 rings (SSSR count). The van der Waals surface area contributed by atoms with Gasteiger partial charge in [-0.3, -0.25) is 15.0 Å². The highest BCUT2D eigenvalue weighted by molar-refractivity contribution is 6.03. The van der Waals surface area contributed by atoms with Crippen molar-refractivity contribution in [1.29, 1.82) is 0 Å². The molecular weight excluding hydrogens is 922 g/mol. The van der Waals surface area contributed by atoms with Crippen LogP contribution in [0.1, 0.15) is 73.1 Å². The largest absolute Gasteiger partial charge is 0.459 e. The number of rotatable bonds is 25. The van der Waals surface area contributed by atoms with Crippen LogP contribution in [0, 0.1) is 33.7 Å². The summed E-state index contributed by atoms with van der Waals surface area (Å²) >= 11 is 0. The smallest absolute Gasteiger partial charge is 0.410 e. The minimum Gasteiger partial charge on any atom is -0.459 e. The molecule has 15 heteroatoms. The number of fused-ring (bicyclic) bond motifs is 2. The Morgan fingerprint density at radius 3 is 2.26 bits per heavy atom. The SMILES string of the molecule is C=CCOC12Oc3ccc(Oc4cccc([N+](=O)[O-])c4)cc3C3C(CCCCO)C(CCCCO)C=C(C(=NOCc4ccccc4)CC1N(Cc1ccc(F)cc1)C(=O)OCCOCc1ccccc1)C32. The van der Waals surface area contributed by atoms with Crippen molar-refractivity contribution >= 4 is 17.5 Å². The molecule has 0 saturated heterocycles. The number of nitro benzene ring substituents is 1. The minimum absolute atomic E-state index is 0.0136. The summed E-state index contributed by atoms with van der Waals surface area (Å²) in [5.74, 6) is -2.11. The number of nitro groups is 1. The highest BCUT2D eigenvalue weighted by Crippen LogP contribution is 2.62. The lowest BCUT2D eigenvalue weighted by atomic mass is 9.55. The van der Waals surface area contributed by atoms with Gasteiger partial charge in [0.2, 0.25) is 5.79 Å². The Bertz CT molecular complexity index is 2650. The molecule has 378 valence electrons. The lowest BCUT2D eigenvalue weighted by molar-refractivity contribution is -0.384. The van der Waals surface area contributed by atoms with E-state index in [2.05, 4.69) is 12.7 Å². The van der Waals surface area contributed by atoms with E-state index >= 15 is 4.79 Å². The van der Waals surface area contributed by atoms with Gasteiger partial charge in [0, 0.05) is 43.7 Å². The van der Waals surface area contributed by atoms with Crippen LogP contribution in [-0.2, 0) is 38.8 Å². The van der Waals surface area contributed by atoms with Crippen molar-refractivity contribution in [3.8, 4) is 17.2 Å². The average Bonchev–Trinajstić information content (AvgIpc) is 3.39. The third kappa shape index (κ3) is 12.4. The summed E-state index contributed by atoms with van der Waals surface area (Å²) in [7, 11) is 0. The number of nitrogens with zero attached hydrogens (tertiary/aromatic N) is 3. The van der Waals surface area contributed by atoms with E-state index in [1.807, 2.05) is 66.7 Å². The zero-order valence-corrected chi connectivity index (χ0v) is 40.3. The maximum atomic E-state index is 15.0. The van der Waals surface area contributed by atoms with Gasteiger partial charge in [0.25, 0.3) is 5.69 Å². The highest BCUT2D eigenvalue weighted by Gasteiger charge is 2.65. The van der Waals surface area contributed by atoms with Crippen LogP contribution in [0.2, 0.25) is 0 Å². The molecule has 0 radical (unpaired) electrons. The number of ether oxygens (including phenoxy) is 5. The lowest BCUT2D eigenvalue weighted by Crippen LogP contribution is -2.70. The number of benzene rings is 5. The Labute approximate surface area is 419 Å². The molecule has 5 aromatic rings. The van der Waals surface area contributed by atoms with Gasteiger partial charge in [-0.1, -0.05) is 109 Å². The zero-order valence-electron chi connectivity index (χ0n) is 40.3. The number of halogens is 1. The monoisotopic (exact) mass is 983 g/mol. The Hall–Kier alpha value is -6.91. The predicted octanol–water partition coefficient (Wildman–Crippen LogP) is 11.2. The fourth-order valence-electron chi connectivity index (χ4n) is 10.4. The van der Waals surface area contributed by atoms with Crippen LogP contribution in [0.5, 0.6) is 17.2 Å². The molecule has 0 spiro atoms. The summed E-state index contributed by atoms with van der Waals surface area (Å²) in [6, 6.07) is 35.8. The summed E-state index contributed by atoms with van der Waals surface area (Å²) in [6.07, 6.45) is 7.32. The highest BCUT2D eigenvalue weighted by atomic mass is 19.1. The number of allylic oxidation sites excluding steroid dienone is 1. The Kier molecular flexibility index (Phi) is 17.8. The van der Waals surface area contributed by atoms with Crippen LogP contribution < -0.4 is 9.47 Å². The van der Waals surface area contributed by atoms with Crippen molar-refractivity contribution in [2.24, 2.45) is 22.9 Å². The van der Waals surface area contributed by atoms with Gasteiger partial charge in [0.1, 0.15) is 42.3 Å². The molecule has 1 amide bonds. The van der Waals surface area contributed by atoms with Gasteiger partial charge >= 0.3 is 6.09 Å². The number of amides is 1. The van der Waals surface area contributed by atoms with Crippen molar-refractivity contribution in [1.82, 2.24) is 4.90 Å². The molecule has 1 saturated carbocycles. The van der Waals surface area contributed by atoms with Crippen molar-refractivity contribution in [2.45, 2.75) is 82.5 Å². The summed E-state index contributed by atoms with van der Waals surface area (Å²) in [6.45, 7) is 4.61. The number of unbranched alkanes of at least 4 members (excludes halogenated alkanes) is 2. The fourth-order valence-corrected chi connectivity index (χ4v) is 10.4. The van der Waals surface area contributed by atoms with Gasteiger partial charge in [-0.25, -0.2) is 9.18 Å². The number of hydrogen-bond donors (Lipinski definition) is 2. The minimum atomic E-state index is -1.63. The number of non-ortho nitro benzene ring substituents is 1. The molecule has 14 nitrogen and oxygen atoms in total. The van der Waals surface area contributed by atoms with Crippen molar-refractivity contribution < 1.29 is 52.8 Å². The van der Waals surface area contributed by atoms with Crippen LogP contribution in [0.3, 0.4) is 0 Å². The first-order valence-electron chi connectivity index (χ1n) is 24.7. The van der Waals surface area contributed by atoms with E-state index in [0.717, 1.165) is 35.1 Å². The molecule has 0 bridgehead atoms. The van der Waals surface area contributed by atoms with E-state index < -0.39 is 40.5 Å². The molecule has 1 heterocycles. The number of carbonyl (C=O) groups is 1. The summed E-state index contributed by atoms with van der Waals surface area (Å²) in [5, 5.41) is 36.8. The first kappa shape index (κ1) is 51.4. The third-order valence-corrected chi connectivity index (χ3v) is 13.6. The molecule has 0 aromatic heterocycles. The maximum Gasteiger partial charge on any atom is 0.410 e. The molecule has 1 aliphatic heterocycles. The number of aliphatic hydroxyl groups excluding tert-OH is 2. The van der Waals surface area contributed by atoms with Gasteiger partial charge < -0.3 is 38.7 Å². The molecule has 2 N–H and O–H groups in total. The molecule has 5 aromatic carbocycles. The van der Waals surface area contributed by atoms with Crippen molar-refractivity contribution in [3.63, 3.8) is 0 Å². The van der Waals surface area contributed by atoms with Gasteiger partial charge in [0.15, 0.2) is 0 Å². The molecule has 1 fully saturated rings. The lowest BCUT2D eigenvalue weighted by Gasteiger charge is -2.59. The van der Waals surface area contributed by atoms with Crippen LogP contribution >= 0.6 is 0 Å². The van der Waals surface area contributed by atoms with E-state index in [0.29, 0.717) is 55.1 Å². The number of hydrogen-bond acceptors (Lipinski definition) is 12. The first-order chi connectivity index (χ1) is 35.2. The van der Waals surface area contributed by atoms with Crippen LogP contribution in [0.25, 0.3) is 0 Å². The normalized spacial score (nSPS) is 21.3. The van der Waals surface area contributed by atoms with E-state index in [-0.39, 0.29) is 75.9 Å². The number of oxime groups is 1. The quantitative estimate of drug-likeness (QED) is 0.0247. The van der Waals surface area contributed by atoms with Gasteiger partial charge in [-0.2, -0.15) is 0 Å². The van der Waals surface area contributed by atoms with Gasteiger partial charge in [0.05, 0.1) is 42.4 Å². The molecule has 6 atom stereocenters. The van der Waals surface area contributed by atoms with Crippen LogP contribution in [-0.4, -0.2) is 76.7 Å². The zero-order chi connectivity index (χ0) is 50.3. The summed E-state index contributed by atoms with van der Waals surface area (Å²) < 4.78 is 47.4. The second kappa shape index (κ2) is 25.0. The molecule has 2 aliphatic carbocycles. The Balaban J connectivity index is 1.28. The van der Waals surface area contributed by atoms with Crippen LogP contribution in [0.4, 0.5) is 14.9 Å². The van der Waals surface area contributed by atoms with Crippen molar-refractivity contribution in [2.75, 3.05) is 33.0 Å². The number of carbonyl (C=O) groups excluding carboxylic acids is 1. The standard InChI is InChI=1S/C57H62FN3O11/c1-2-30-69-57-53(60(37-40-22-24-44(58)25-23-40)56(64)68-32-31-67-38-41-14-5-3-6-15-41)36-51(59-70-39-42-16-7-4-8-17-42)49-33-43(18-9-11-28-62)48(21-10-12-29-63)54(55(49)57)50-35-47(26-27-52(50)72-57)71-46-20-13-19-45(34-46)61(65)66/h2-8,13-17,19-20,22-27,33-35,43,48,53-55,62-63H,1,9-12,18,21,28-32,36-39H2. The Morgan fingerprint density at radius 2 is 1.56 bits per heavy atom. The van der Waals surface area contributed by atoms with Crippen molar-refractivity contribution in [3.05, 3.63) is 190 Å². The fraction of sp³-hybridized carbons (Fsp3) is 0.368. The molecule has 6 unspecified atom stereocenters. The van der Waals surface area contributed by atoms with E-state index in [1.165, 1.54) is 24.3 Å². The Morgan fingerprint density at radius 1 is 0.847 bits per heavy atom. The second-order valence-electron chi connectivity index (χ2n) is 18.3.